The Morgan fingerprint density at radius 1 is 1.19 bits per heavy atom. The fraction of sp³-hybridized carbons (Fsp3) is 0.118. The van der Waals surface area contributed by atoms with E-state index < -0.39 is 0 Å². The zero-order valence-electron chi connectivity index (χ0n) is 11.7. The van der Waals surface area contributed by atoms with Crippen molar-refractivity contribution in [2.45, 2.75) is 6.54 Å². The van der Waals surface area contributed by atoms with Gasteiger partial charge in [0, 0.05) is 29.0 Å². The van der Waals surface area contributed by atoms with Gasteiger partial charge in [-0.2, -0.15) is 5.26 Å². The van der Waals surface area contributed by atoms with Gasteiger partial charge in [-0.05, 0) is 29.7 Å². The van der Waals surface area contributed by atoms with Crippen LogP contribution in [0.1, 0.15) is 11.1 Å². The van der Waals surface area contributed by atoms with Crippen molar-refractivity contribution in [2.75, 3.05) is 12.8 Å². The van der Waals surface area contributed by atoms with E-state index in [0.717, 1.165) is 22.2 Å². The first-order chi connectivity index (χ1) is 10.2. The van der Waals surface area contributed by atoms with Crippen molar-refractivity contribution >= 4 is 16.6 Å². The summed E-state index contributed by atoms with van der Waals surface area (Å²) in [5.74, 6) is 0.772. The smallest absolute Gasteiger partial charge is 0.125 e. The van der Waals surface area contributed by atoms with Crippen molar-refractivity contribution in [2.24, 2.45) is 0 Å². The van der Waals surface area contributed by atoms with E-state index in [2.05, 4.69) is 10.6 Å². The minimum atomic E-state index is 0.659. The first-order valence-electron chi connectivity index (χ1n) is 6.62. The van der Waals surface area contributed by atoms with Crippen LogP contribution in [-0.4, -0.2) is 11.7 Å². The molecule has 0 aliphatic heterocycles. The van der Waals surface area contributed by atoms with Gasteiger partial charge < -0.3 is 15.0 Å². The van der Waals surface area contributed by atoms with Crippen LogP contribution in [0.2, 0.25) is 0 Å². The Balaban J connectivity index is 2.04. The number of nitrogens with zero attached hydrogens (tertiary/aromatic N) is 2. The second-order valence-electron chi connectivity index (χ2n) is 4.90. The summed E-state index contributed by atoms with van der Waals surface area (Å²) < 4.78 is 7.49. The maximum absolute atomic E-state index is 9.03. The van der Waals surface area contributed by atoms with Gasteiger partial charge in [0.15, 0.2) is 0 Å². The molecule has 0 atom stereocenters. The Kier molecular flexibility index (Phi) is 3.25. The molecule has 0 spiro atoms. The Hall–Kier alpha value is -2.93. The number of hydrogen-bond donors (Lipinski definition) is 1. The Morgan fingerprint density at radius 3 is 2.81 bits per heavy atom. The lowest BCUT2D eigenvalue weighted by Gasteiger charge is -2.11. The van der Waals surface area contributed by atoms with Crippen molar-refractivity contribution < 1.29 is 4.74 Å². The van der Waals surface area contributed by atoms with E-state index in [4.69, 9.17) is 15.7 Å². The maximum atomic E-state index is 9.03. The fourth-order valence-corrected chi connectivity index (χ4v) is 2.47. The molecule has 0 saturated heterocycles. The van der Waals surface area contributed by atoms with Crippen molar-refractivity contribution in [3.63, 3.8) is 0 Å². The molecule has 0 unspecified atom stereocenters. The number of aromatic nitrogens is 1. The molecular formula is C17H15N3O. The Morgan fingerprint density at radius 2 is 2.05 bits per heavy atom. The number of hydrogen-bond acceptors (Lipinski definition) is 3. The summed E-state index contributed by atoms with van der Waals surface area (Å²) in [4.78, 5) is 0. The van der Waals surface area contributed by atoms with Gasteiger partial charge in [-0.25, -0.2) is 0 Å². The first-order valence-corrected chi connectivity index (χ1v) is 6.62. The van der Waals surface area contributed by atoms with Crippen LogP contribution in [0.4, 0.5) is 5.69 Å². The highest BCUT2D eigenvalue weighted by molar-refractivity contribution is 5.81. The summed E-state index contributed by atoms with van der Waals surface area (Å²) in [6, 6.07) is 15.6. The summed E-state index contributed by atoms with van der Waals surface area (Å²) in [6.45, 7) is 0.668. The van der Waals surface area contributed by atoms with Gasteiger partial charge in [0.05, 0.1) is 25.3 Å². The lowest BCUT2D eigenvalue weighted by atomic mass is 10.1. The molecule has 0 saturated carbocycles. The minimum Gasteiger partial charge on any atom is -0.496 e. The fourth-order valence-electron chi connectivity index (χ4n) is 2.47. The lowest BCUT2D eigenvalue weighted by Crippen LogP contribution is -2.01. The van der Waals surface area contributed by atoms with Crippen LogP contribution in [0.15, 0.2) is 48.7 Å². The number of nitrogen functional groups attached to an aromatic ring is 1. The van der Waals surface area contributed by atoms with Crippen molar-refractivity contribution in [1.29, 1.82) is 5.26 Å². The molecular weight excluding hydrogens is 262 g/mol. The third kappa shape index (κ3) is 2.41. The monoisotopic (exact) mass is 277 g/mol. The summed E-state index contributed by atoms with van der Waals surface area (Å²) in [7, 11) is 1.64. The second-order valence-corrected chi connectivity index (χ2v) is 4.90. The van der Waals surface area contributed by atoms with Crippen LogP contribution < -0.4 is 10.5 Å². The van der Waals surface area contributed by atoms with Gasteiger partial charge in [0.1, 0.15) is 5.75 Å². The number of ether oxygens (including phenoxy) is 1. The standard InChI is InChI=1S/C17H15N3O/c1-21-17-9-15(19)5-4-14(17)11-20-7-6-13-3-2-12(10-18)8-16(13)20/h2-9H,11,19H2,1H3. The number of benzene rings is 2. The highest BCUT2D eigenvalue weighted by Gasteiger charge is 2.07. The predicted octanol–water partition coefficient (Wildman–Crippen LogP) is 3.15. The molecule has 1 aromatic heterocycles. The lowest BCUT2D eigenvalue weighted by molar-refractivity contribution is 0.409. The number of methoxy groups -OCH3 is 1. The largest absolute Gasteiger partial charge is 0.496 e. The molecule has 0 amide bonds. The SMILES string of the molecule is COc1cc(N)ccc1Cn1ccc2ccc(C#N)cc21. The number of nitriles is 1. The van der Waals surface area contributed by atoms with Gasteiger partial charge in [0.25, 0.3) is 0 Å². The molecule has 1 heterocycles. The Labute approximate surface area is 123 Å². The van der Waals surface area contributed by atoms with Crippen LogP contribution in [0.3, 0.4) is 0 Å². The third-order valence-corrected chi connectivity index (χ3v) is 3.55. The highest BCUT2D eigenvalue weighted by atomic mass is 16.5. The molecule has 2 N–H and O–H groups in total. The minimum absolute atomic E-state index is 0.659. The van der Waals surface area contributed by atoms with E-state index in [1.807, 2.05) is 48.7 Å². The molecule has 2 aromatic carbocycles. The van der Waals surface area contributed by atoms with Crippen molar-refractivity contribution in [1.82, 2.24) is 4.57 Å². The average Bonchev–Trinajstić information content (AvgIpc) is 2.91. The van der Waals surface area contributed by atoms with Crippen molar-refractivity contribution in [3.05, 3.63) is 59.8 Å². The second kappa shape index (κ2) is 5.22. The van der Waals surface area contributed by atoms with Crippen LogP contribution in [-0.2, 0) is 6.54 Å². The molecule has 0 radical (unpaired) electrons. The van der Waals surface area contributed by atoms with Crippen molar-refractivity contribution in [3.8, 4) is 11.8 Å². The normalized spacial score (nSPS) is 10.5. The summed E-state index contributed by atoms with van der Waals surface area (Å²) in [5, 5.41) is 10.1. The highest BCUT2D eigenvalue weighted by Crippen LogP contribution is 2.25. The maximum Gasteiger partial charge on any atom is 0.125 e. The molecule has 0 fully saturated rings. The third-order valence-electron chi connectivity index (χ3n) is 3.55. The molecule has 3 rings (SSSR count). The van der Waals surface area contributed by atoms with E-state index in [0.29, 0.717) is 17.8 Å². The number of rotatable bonds is 3. The zero-order valence-corrected chi connectivity index (χ0v) is 11.7. The van der Waals surface area contributed by atoms with Crippen LogP contribution >= 0.6 is 0 Å². The quantitative estimate of drug-likeness (QED) is 0.748. The zero-order chi connectivity index (χ0) is 14.8. The molecule has 4 nitrogen and oxygen atoms in total. The molecule has 4 heteroatoms. The van der Waals surface area contributed by atoms with Crippen LogP contribution in [0.5, 0.6) is 5.75 Å². The first kappa shape index (κ1) is 13.1. The summed E-state index contributed by atoms with van der Waals surface area (Å²) >= 11 is 0. The van der Waals surface area contributed by atoms with Gasteiger partial charge in [-0.15, -0.1) is 0 Å². The van der Waals surface area contributed by atoms with Gasteiger partial charge in [-0.1, -0.05) is 12.1 Å². The van der Waals surface area contributed by atoms with E-state index >= 15 is 0 Å². The molecule has 0 bridgehead atoms. The molecule has 104 valence electrons. The number of anilines is 1. The predicted molar refractivity (Wildman–Crippen MR) is 83.2 cm³/mol. The number of nitrogens with two attached hydrogens (primary N) is 1. The topological polar surface area (TPSA) is 64.0 Å². The summed E-state index contributed by atoms with van der Waals surface area (Å²) in [6.07, 6.45) is 2.02. The van der Waals surface area contributed by atoms with Gasteiger partial charge >= 0.3 is 0 Å². The number of fused-ring (bicyclic) bond motifs is 1. The van der Waals surface area contributed by atoms with E-state index in [1.165, 1.54) is 0 Å². The molecule has 21 heavy (non-hydrogen) atoms. The average molecular weight is 277 g/mol. The molecule has 3 aromatic rings. The molecule has 0 aliphatic rings. The van der Waals surface area contributed by atoms with Gasteiger partial charge in [0.2, 0.25) is 0 Å². The van der Waals surface area contributed by atoms with Crippen LogP contribution in [0, 0.1) is 11.3 Å². The van der Waals surface area contributed by atoms with E-state index in [-0.39, 0.29) is 0 Å². The van der Waals surface area contributed by atoms with E-state index in [9.17, 15) is 0 Å². The molecule has 0 aliphatic carbocycles. The summed E-state index contributed by atoms with van der Waals surface area (Å²) in [5.41, 5.74) is 9.20. The van der Waals surface area contributed by atoms with Gasteiger partial charge in [-0.3, -0.25) is 0 Å². The van der Waals surface area contributed by atoms with Crippen LogP contribution in [0.25, 0.3) is 10.9 Å². The Bertz CT molecular complexity index is 843. The van der Waals surface area contributed by atoms with E-state index in [1.54, 1.807) is 7.11 Å².